The van der Waals surface area contributed by atoms with Gasteiger partial charge in [-0.15, -0.1) is 11.3 Å². The van der Waals surface area contributed by atoms with Crippen molar-refractivity contribution in [3.05, 3.63) is 16.1 Å². The van der Waals surface area contributed by atoms with Gasteiger partial charge in [-0.2, -0.15) is 0 Å². The molecule has 1 N–H and O–H groups in total. The Balaban J connectivity index is 1.94. The van der Waals surface area contributed by atoms with Crippen LogP contribution in [0.4, 0.5) is 0 Å². The van der Waals surface area contributed by atoms with E-state index in [9.17, 15) is 9.59 Å². The van der Waals surface area contributed by atoms with Crippen molar-refractivity contribution < 1.29 is 9.59 Å². The van der Waals surface area contributed by atoms with E-state index in [0.717, 1.165) is 10.7 Å². The molecule has 1 aliphatic heterocycles. The monoisotopic (exact) mass is 253 g/mol. The second-order valence-corrected chi connectivity index (χ2v) is 5.22. The molecule has 0 spiro atoms. The average molecular weight is 253 g/mol. The lowest BCUT2D eigenvalue weighted by Crippen LogP contribution is -2.57. The number of piperazine rings is 1. The van der Waals surface area contributed by atoms with Gasteiger partial charge in [0.05, 0.1) is 17.2 Å². The zero-order valence-corrected chi connectivity index (χ0v) is 10.7. The molecule has 0 radical (unpaired) electrons. The maximum Gasteiger partial charge on any atom is 0.245 e. The third-order valence-electron chi connectivity index (χ3n) is 2.70. The van der Waals surface area contributed by atoms with Crippen molar-refractivity contribution in [3.63, 3.8) is 0 Å². The van der Waals surface area contributed by atoms with Gasteiger partial charge in [-0.25, -0.2) is 4.98 Å². The van der Waals surface area contributed by atoms with E-state index in [1.807, 2.05) is 12.3 Å². The molecule has 5 nitrogen and oxygen atoms in total. The van der Waals surface area contributed by atoms with E-state index < -0.39 is 6.04 Å². The van der Waals surface area contributed by atoms with Gasteiger partial charge in [0.1, 0.15) is 6.04 Å². The molecule has 1 fully saturated rings. The molecule has 1 atom stereocenters. The van der Waals surface area contributed by atoms with Gasteiger partial charge >= 0.3 is 0 Å². The van der Waals surface area contributed by atoms with Crippen LogP contribution in [-0.4, -0.2) is 40.8 Å². The predicted octanol–water partition coefficient (Wildman–Crippen LogP) is 0.341. The van der Waals surface area contributed by atoms with Gasteiger partial charge in [-0.3, -0.25) is 9.59 Å². The van der Waals surface area contributed by atoms with Crippen LogP contribution in [0.15, 0.2) is 5.38 Å². The van der Waals surface area contributed by atoms with Crippen molar-refractivity contribution in [2.24, 2.45) is 0 Å². The summed E-state index contributed by atoms with van der Waals surface area (Å²) in [5, 5.41) is 5.64. The van der Waals surface area contributed by atoms with E-state index in [-0.39, 0.29) is 18.4 Å². The van der Waals surface area contributed by atoms with Crippen LogP contribution < -0.4 is 5.32 Å². The lowest BCUT2D eigenvalue weighted by atomic mass is 10.2. The third kappa shape index (κ3) is 2.82. The summed E-state index contributed by atoms with van der Waals surface area (Å²) in [6, 6.07) is -0.409. The summed E-state index contributed by atoms with van der Waals surface area (Å²) in [4.78, 5) is 29.1. The summed E-state index contributed by atoms with van der Waals surface area (Å²) in [6.07, 6.45) is 0.704. The quantitative estimate of drug-likeness (QED) is 0.845. The summed E-state index contributed by atoms with van der Waals surface area (Å²) >= 11 is 1.60. The van der Waals surface area contributed by atoms with Crippen LogP contribution in [0.2, 0.25) is 0 Å². The van der Waals surface area contributed by atoms with Gasteiger partial charge in [-0.1, -0.05) is 0 Å². The van der Waals surface area contributed by atoms with Crippen molar-refractivity contribution in [2.75, 3.05) is 13.1 Å². The molecule has 92 valence electrons. The topological polar surface area (TPSA) is 62.3 Å². The maximum atomic E-state index is 11.8. The number of aryl methyl sites for hydroxylation is 1. The fourth-order valence-electron chi connectivity index (χ4n) is 1.84. The van der Waals surface area contributed by atoms with E-state index in [1.54, 1.807) is 23.2 Å². The minimum atomic E-state index is -0.409. The van der Waals surface area contributed by atoms with Crippen molar-refractivity contribution in [1.29, 1.82) is 0 Å². The number of hydrogen-bond acceptors (Lipinski definition) is 4. The van der Waals surface area contributed by atoms with Crippen molar-refractivity contribution in [2.45, 2.75) is 26.3 Å². The minimum absolute atomic E-state index is 0.0171. The molecule has 6 heteroatoms. The largest absolute Gasteiger partial charge is 0.343 e. The van der Waals surface area contributed by atoms with Gasteiger partial charge in [0.25, 0.3) is 0 Å². The Morgan fingerprint density at radius 1 is 1.59 bits per heavy atom. The summed E-state index contributed by atoms with van der Waals surface area (Å²) in [5.41, 5.74) is 0.985. The van der Waals surface area contributed by atoms with Crippen LogP contribution in [0.25, 0.3) is 0 Å². The number of amides is 2. The Kier molecular flexibility index (Phi) is 3.42. The number of hydrogen-bond donors (Lipinski definition) is 1. The number of nitrogens with zero attached hydrogens (tertiary/aromatic N) is 2. The van der Waals surface area contributed by atoms with E-state index in [1.165, 1.54) is 0 Å². The highest BCUT2D eigenvalue weighted by atomic mass is 32.1. The van der Waals surface area contributed by atoms with Crippen molar-refractivity contribution >= 4 is 23.2 Å². The highest BCUT2D eigenvalue weighted by Gasteiger charge is 2.28. The van der Waals surface area contributed by atoms with Gasteiger partial charge < -0.3 is 10.2 Å². The van der Waals surface area contributed by atoms with Crippen LogP contribution >= 0.6 is 11.3 Å². The summed E-state index contributed by atoms with van der Waals surface area (Å²) in [7, 11) is 0. The number of carbonyl (C=O) groups is 2. The molecular formula is C11H15N3O2S. The minimum Gasteiger partial charge on any atom is -0.343 e. The first-order valence-corrected chi connectivity index (χ1v) is 6.43. The molecule has 1 unspecified atom stereocenters. The van der Waals surface area contributed by atoms with Crippen molar-refractivity contribution in [1.82, 2.24) is 15.2 Å². The highest BCUT2D eigenvalue weighted by molar-refractivity contribution is 7.09. The van der Waals surface area contributed by atoms with Crippen LogP contribution in [0.3, 0.4) is 0 Å². The van der Waals surface area contributed by atoms with Crippen LogP contribution in [0, 0.1) is 6.92 Å². The normalized spacial score (nSPS) is 20.6. The maximum absolute atomic E-state index is 11.8. The average Bonchev–Trinajstić information content (AvgIpc) is 2.67. The van der Waals surface area contributed by atoms with Crippen LogP contribution in [-0.2, 0) is 16.0 Å². The standard InChI is InChI=1S/C11H15N3O2S/c1-7-11(16)14(5-10(15)12-7)4-3-9-6-17-8(2)13-9/h6-7H,3-5H2,1-2H3,(H,12,15). The molecule has 0 bridgehead atoms. The van der Waals surface area contributed by atoms with Crippen LogP contribution in [0.1, 0.15) is 17.6 Å². The second kappa shape index (κ2) is 4.83. The lowest BCUT2D eigenvalue weighted by molar-refractivity contribution is -0.143. The van der Waals surface area contributed by atoms with E-state index >= 15 is 0 Å². The van der Waals surface area contributed by atoms with E-state index in [2.05, 4.69) is 10.3 Å². The summed E-state index contributed by atoms with van der Waals surface area (Å²) in [6.45, 7) is 4.38. The van der Waals surface area contributed by atoms with Gasteiger partial charge in [0.15, 0.2) is 0 Å². The second-order valence-electron chi connectivity index (χ2n) is 4.16. The molecule has 0 aliphatic carbocycles. The Labute approximate surface area is 104 Å². The Morgan fingerprint density at radius 2 is 2.35 bits per heavy atom. The zero-order valence-electron chi connectivity index (χ0n) is 9.90. The number of nitrogens with one attached hydrogen (secondary N) is 1. The van der Waals surface area contributed by atoms with Crippen LogP contribution in [0.5, 0.6) is 0 Å². The molecule has 2 rings (SSSR count). The molecule has 1 aromatic heterocycles. The molecule has 0 saturated carbocycles. The smallest absolute Gasteiger partial charge is 0.245 e. The Bertz CT molecular complexity index is 444. The predicted molar refractivity (Wildman–Crippen MR) is 64.7 cm³/mol. The Morgan fingerprint density at radius 3 is 3.00 bits per heavy atom. The molecule has 17 heavy (non-hydrogen) atoms. The number of thiazole rings is 1. The number of aromatic nitrogens is 1. The molecule has 0 aromatic carbocycles. The molecule has 1 aliphatic rings. The van der Waals surface area contributed by atoms with Gasteiger partial charge in [0, 0.05) is 18.3 Å². The van der Waals surface area contributed by atoms with Gasteiger partial charge in [0.2, 0.25) is 11.8 Å². The SMILES string of the molecule is Cc1nc(CCN2CC(=O)NC(C)C2=O)cs1. The molecule has 2 amide bonds. The van der Waals surface area contributed by atoms with E-state index in [0.29, 0.717) is 13.0 Å². The molecular weight excluding hydrogens is 238 g/mol. The molecule has 1 saturated heterocycles. The summed E-state index contributed by atoms with van der Waals surface area (Å²) < 4.78 is 0. The fourth-order valence-corrected chi connectivity index (χ4v) is 2.48. The van der Waals surface area contributed by atoms with Gasteiger partial charge in [-0.05, 0) is 13.8 Å². The molecule has 1 aromatic rings. The first-order valence-electron chi connectivity index (χ1n) is 5.55. The first kappa shape index (κ1) is 12.0. The molecule has 2 heterocycles. The zero-order chi connectivity index (χ0) is 12.4. The third-order valence-corrected chi connectivity index (χ3v) is 3.52. The number of carbonyl (C=O) groups excluding carboxylic acids is 2. The number of rotatable bonds is 3. The highest BCUT2D eigenvalue weighted by Crippen LogP contribution is 2.10. The lowest BCUT2D eigenvalue weighted by Gasteiger charge is -2.30. The Hall–Kier alpha value is -1.43. The first-order chi connectivity index (χ1) is 8.06. The van der Waals surface area contributed by atoms with Crippen molar-refractivity contribution in [3.8, 4) is 0 Å². The fraction of sp³-hybridized carbons (Fsp3) is 0.545. The van der Waals surface area contributed by atoms with E-state index in [4.69, 9.17) is 0 Å². The summed E-state index contributed by atoms with van der Waals surface area (Å²) in [5.74, 6) is -0.108.